The van der Waals surface area contributed by atoms with Gasteiger partial charge in [0.15, 0.2) is 0 Å². The monoisotopic (exact) mass is 233 g/mol. The first-order valence-electron chi connectivity index (χ1n) is 6.72. The fraction of sp³-hybridized carbons (Fsp3) is 0.600. The second-order valence-corrected chi connectivity index (χ2v) is 5.17. The Morgan fingerprint density at radius 1 is 1.24 bits per heavy atom. The summed E-state index contributed by atoms with van der Waals surface area (Å²) in [5, 5.41) is 13.4. The van der Waals surface area contributed by atoms with E-state index in [2.05, 4.69) is 43.4 Å². The van der Waals surface area contributed by atoms with E-state index in [1.165, 1.54) is 18.4 Å². The molecule has 2 atom stereocenters. The maximum Gasteiger partial charge on any atom is 0.0914 e. The van der Waals surface area contributed by atoms with Crippen LogP contribution in [0.5, 0.6) is 0 Å². The number of hydrogen-bond donors (Lipinski definition) is 2. The average molecular weight is 233 g/mol. The summed E-state index contributed by atoms with van der Waals surface area (Å²) in [5.74, 6) is 0.603. The molecule has 94 valence electrons. The Bertz CT molecular complexity index is 342. The first kappa shape index (κ1) is 12.6. The Labute approximate surface area is 104 Å². The van der Waals surface area contributed by atoms with Crippen LogP contribution in [0.2, 0.25) is 0 Å². The predicted molar refractivity (Wildman–Crippen MR) is 71.1 cm³/mol. The lowest BCUT2D eigenvalue weighted by molar-refractivity contribution is 0.174. The van der Waals surface area contributed by atoms with Gasteiger partial charge >= 0.3 is 0 Å². The fourth-order valence-corrected chi connectivity index (χ4v) is 1.97. The summed E-state index contributed by atoms with van der Waals surface area (Å²) in [7, 11) is 0. The number of aliphatic hydroxyl groups is 1. The molecule has 1 aromatic rings. The van der Waals surface area contributed by atoms with Crippen LogP contribution in [0.25, 0.3) is 0 Å². The highest BCUT2D eigenvalue weighted by molar-refractivity contribution is 5.26. The molecule has 1 saturated carbocycles. The van der Waals surface area contributed by atoms with Gasteiger partial charge in [0.05, 0.1) is 6.10 Å². The lowest BCUT2D eigenvalue weighted by atomic mass is 9.96. The standard InChI is InChI=1S/C15H23NO/c1-3-11(2)12-4-6-13(7-5-12)15(17)10-16-14-8-9-14/h4-7,11,14-17H,3,8-10H2,1-2H3. The van der Waals surface area contributed by atoms with Crippen molar-refractivity contribution in [3.8, 4) is 0 Å². The van der Waals surface area contributed by atoms with E-state index < -0.39 is 0 Å². The van der Waals surface area contributed by atoms with E-state index in [9.17, 15) is 5.11 Å². The summed E-state index contributed by atoms with van der Waals surface area (Å²) in [4.78, 5) is 0. The summed E-state index contributed by atoms with van der Waals surface area (Å²) < 4.78 is 0. The fourth-order valence-electron chi connectivity index (χ4n) is 1.97. The van der Waals surface area contributed by atoms with Crippen LogP contribution in [0.4, 0.5) is 0 Å². The molecule has 1 aliphatic rings. The minimum Gasteiger partial charge on any atom is -0.387 e. The Balaban J connectivity index is 1.91. The third-order valence-electron chi connectivity index (χ3n) is 3.68. The van der Waals surface area contributed by atoms with Gasteiger partial charge in [0.2, 0.25) is 0 Å². The Hall–Kier alpha value is -0.860. The highest BCUT2D eigenvalue weighted by Crippen LogP contribution is 2.22. The molecule has 17 heavy (non-hydrogen) atoms. The summed E-state index contributed by atoms with van der Waals surface area (Å²) in [6.45, 7) is 5.11. The topological polar surface area (TPSA) is 32.3 Å². The van der Waals surface area contributed by atoms with E-state index in [4.69, 9.17) is 0 Å². The van der Waals surface area contributed by atoms with Crippen molar-refractivity contribution >= 4 is 0 Å². The Morgan fingerprint density at radius 2 is 1.82 bits per heavy atom. The van der Waals surface area contributed by atoms with Crippen molar-refractivity contribution < 1.29 is 5.11 Å². The van der Waals surface area contributed by atoms with E-state index in [1.54, 1.807) is 0 Å². The summed E-state index contributed by atoms with van der Waals surface area (Å²) in [6, 6.07) is 9.05. The van der Waals surface area contributed by atoms with Gasteiger partial charge in [-0.3, -0.25) is 0 Å². The highest BCUT2D eigenvalue weighted by Gasteiger charge is 2.21. The number of aliphatic hydroxyl groups excluding tert-OH is 1. The normalized spacial score (nSPS) is 19.0. The highest BCUT2D eigenvalue weighted by atomic mass is 16.3. The van der Waals surface area contributed by atoms with E-state index >= 15 is 0 Å². The van der Waals surface area contributed by atoms with Crippen LogP contribution < -0.4 is 5.32 Å². The van der Waals surface area contributed by atoms with Crippen LogP contribution in [0.15, 0.2) is 24.3 Å². The number of benzene rings is 1. The first-order chi connectivity index (χ1) is 8.20. The largest absolute Gasteiger partial charge is 0.387 e. The third kappa shape index (κ3) is 3.55. The zero-order valence-corrected chi connectivity index (χ0v) is 10.8. The third-order valence-corrected chi connectivity index (χ3v) is 3.68. The van der Waals surface area contributed by atoms with Gasteiger partial charge in [0.25, 0.3) is 0 Å². The van der Waals surface area contributed by atoms with Crippen molar-refractivity contribution in [3.05, 3.63) is 35.4 Å². The molecule has 0 radical (unpaired) electrons. The molecule has 0 amide bonds. The second-order valence-electron chi connectivity index (χ2n) is 5.17. The molecular weight excluding hydrogens is 210 g/mol. The zero-order valence-electron chi connectivity index (χ0n) is 10.8. The summed E-state index contributed by atoms with van der Waals surface area (Å²) in [6.07, 6.45) is 3.31. The Kier molecular flexibility index (Phi) is 4.19. The van der Waals surface area contributed by atoms with Gasteiger partial charge in [-0.05, 0) is 36.3 Å². The molecule has 1 aliphatic carbocycles. The van der Waals surface area contributed by atoms with Crippen molar-refractivity contribution in [2.45, 2.75) is 51.2 Å². The molecule has 2 nitrogen and oxygen atoms in total. The predicted octanol–water partition coefficient (Wildman–Crippen LogP) is 2.99. The van der Waals surface area contributed by atoms with Crippen LogP contribution >= 0.6 is 0 Å². The molecule has 2 heteroatoms. The number of nitrogens with one attached hydrogen (secondary N) is 1. The van der Waals surface area contributed by atoms with Crippen LogP contribution in [0.3, 0.4) is 0 Å². The minimum atomic E-state index is -0.374. The SMILES string of the molecule is CCC(C)c1ccc(C(O)CNC2CC2)cc1. The van der Waals surface area contributed by atoms with Crippen LogP contribution in [-0.4, -0.2) is 17.7 Å². The molecule has 0 bridgehead atoms. The van der Waals surface area contributed by atoms with Crippen LogP contribution in [-0.2, 0) is 0 Å². The molecular formula is C15H23NO. The quantitative estimate of drug-likeness (QED) is 0.791. The van der Waals surface area contributed by atoms with Crippen molar-refractivity contribution in [1.29, 1.82) is 0 Å². The van der Waals surface area contributed by atoms with E-state index in [-0.39, 0.29) is 6.10 Å². The number of rotatable bonds is 6. The van der Waals surface area contributed by atoms with E-state index in [0.29, 0.717) is 18.5 Å². The lowest BCUT2D eigenvalue weighted by Crippen LogP contribution is -2.23. The van der Waals surface area contributed by atoms with Gasteiger partial charge in [-0.1, -0.05) is 38.1 Å². The smallest absolute Gasteiger partial charge is 0.0914 e. The van der Waals surface area contributed by atoms with Crippen LogP contribution in [0, 0.1) is 0 Å². The summed E-state index contributed by atoms with van der Waals surface area (Å²) >= 11 is 0. The molecule has 0 heterocycles. The van der Waals surface area contributed by atoms with Crippen molar-refractivity contribution in [1.82, 2.24) is 5.32 Å². The van der Waals surface area contributed by atoms with Gasteiger partial charge in [-0.25, -0.2) is 0 Å². The molecule has 0 aliphatic heterocycles. The van der Waals surface area contributed by atoms with Crippen molar-refractivity contribution in [2.24, 2.45) is 0 Å². The first-order valence-corrected chi connectivity index (χ1v) is 6.72. The molecule has 1 fully saturated rings. The lowest BCUT2D eigenvalue weighted by Gasteiger charge is -2.14. The summed E-state index contributed by atoms with van der Waals surface area (Å²) in [5.41, 5.74) is 2.38. The van der Waals surface area contributed by atoms with Gasteiger partial charge < -0.3 is 10.4 Å². The van der Waals surface area contributed by atoms with Crippen molar-refractivity contribution in [3.63, 3.8) is 0 Å². The zero-order chi connectivity index (χ0) is 12.3. The molecule has 0 saturated heterocycles. The van der Waals surface area contributed by atoms with E-state index in [0.717, 1.165) is 12.0 Å². The van der Waals surface area contributed by atoms with Crippen molar-refractivity contribution in [2.75, 3.05) is 6.54 Å². The molecule has 1 aromatic carbocycles. The second kappa shape index (κ2) is 5.65. The van der Waals surface area contributed by atoms with Gasteiger partial charge in [0, 0.05) is 12.6 Å². The average Bonchev–Trinajstić information content (AvgIpc) is 3.19. The maximum atomic E-state index is 10.0. The van der Waals surface area contributed by atoms with Crippen LogP contribution in [0.1, 0.15) is 56.3 Å². The molecule has 0 aromatic heterocycles. The maximum absolute atomic E-state index is 10.0. The van der Waals surface area contributed by atoms with Gasteiger partial charge in [-0.15, -0.1) is 0 Å². The molecule has 2 N–H and O–H groups in total. The van der Waals surface area contributed by atoms with E-state index in [1.807, 2.05) is 0 Å². The van der Waals surface area contributed by atoms with Gasteiger partial charge in [-0.2, -0.15) is 0 Å². The molecule has 2 rings (SSSR count). The Morgan fingerprint density at radius 3 is 2.35 bits per heavy atom. The van der Waals surface area contributed by atoms with Gasteiger partial charge in [0.1, 0.15) is 0 Å². The minimum absolute atomic E-state index is 0.374. The molecule has 0 spiro atoms. The molecule has 2 unspecified atom stereocenters. The number of hydrogen-bond acceptors (Lipinski definition) is 2.